The van der Waals surface area contributed by atoms with Gasteiger partial charge in [0.15, 0.2) is 0 Å². The molecule has 1 heterocycles. The largest absolute Gasteiger partial charge is 0.494 e. The van der Waals surface area contributed by atoms with Gasteiger partial charge in [-0.15, -0.1) is 0 Å². The molecule has 0 amide bonds. The lowest BCUT2D eigenvalue weighted by Gasteiger charge is -2.17. The third-order valence-electron chi connectivity index (χ3n) is 2.52. The Morgan fingerprint density at radius 1 is 1.28 bits per heavy atom. The summed E-state index contributed by atoms with van der Waals surface area (Å²) in [6, 6.07) is 9.67. The molecule has 2 N–H and O–H groups in total. The van der Waals surface area contributed by atoms with Crippen LogP contribution in [0, 0.1) is 0 Å². The lowest BCUT2D eigenvalue weighted by atomic mass is 10.2. The van der Waals surface area contributed by atoms with Crippen LogP contribution in [0.2, 0.25) is 0 Å². The maximum Gasteiger partial charge on any atom is 0.137 e. The van der Waals surface area contributed by atoms with Gasteiger partial charge >= 0.3 is 0 Å². The molecule has 1 aromatic carbocycles. The number of rotatable bonds is 6. The number of thiophene rings is 1. The maximum atomic E-state index is 5.90. The van der Waals surface area contributed by atoms with E-state index in [1.54, 1.807) is 11.3 Å². The summed E-state index contributed by atoms with van der Waals surface area (Å²) in [4.78, 5) is 0. The average molecular weight is 263 g/mol. The van der Waals surface area contributed by atoms with Gasteiger partial charge < -0.3 is 15.2 Å². The minimum atomic E-state index is -0.104. The Morgan fingerprint density at radius 3 is 2.78 bits per heavy atom. The zero-order chi connectivity index (χ0) is 12.8. The summed E-state index contributed by atoms with van der Waals surface area (Å²) in [5.74, 6) is 1.60. The molecule has 1 unspecified atom stereocenters. The van der Waals surface area contributed by atoms with Crippen LogP contribution in [0.25, 0.3) is 0 Å². The van der Waals surface area contributed by atoms with Crippen LogP contribution in [0.5, 0.6) is 11.5 Å². The van der Waals surface area contributed by atoms with Crippen molar-refractivity contribution in [2.24, 2.45) is 5.73 Å². The Balaban J connectivity index is 2.09. The third-order valence-corrected chi connectivity index (χ3v) is 3.23. The number of hydrogen-bond donors (Lipinski definition) is 1. The van der Waals surface area contributed by atoms with Crippen LogP contribution < -0.4 is 15.2 Å². The van der Waals surface area contributed by atoms with Gasteiger partial charge in [-0.05, 0) is 35.9 Å². The van der Waals surface area contributed by atoms with Crippen LogP contribution in [-0.2, 0) is 0 Å². The fraction of sp³-hybridized carbons (Fsp3) is 0.286. The third kappa shape index (κ3) is 3.24. The Hall–Kier alpha value is -1.52. The molecule has 0 saturated carbocycles. The molecule has 1 aromatic heterocycles. The summed E-state index contributed by atoms with van der Waals surface area (Å²) >= 11 is 1.64. The Morgan fingerprint density at radius 2 is 2.11 bits per heavy atom. The summed E-state index contributed by atoms with van der Waals surface area (Å²) in [5, 5.41) is 4.09. The molecule has 0 aliphatic rings. The fourth-order valence-corrected chi connectivity index (χ4v) is 2.38. The van der Waals surface area contributed by atoms with Crippen molar-refractivity contribution in [3.63, 3.8) is 0 Å². The van der Waals surface area contributed by atoms with E-state index in [1.807, 2.05) is 42.6 Å². The second-order valence-electron chi connectivity index (χ2n) is 3.81. The second kappa shape index (κ2) is 6.42. The first-order valence-corrected chi connectivity index (χ1v) is 6.89. The van der Waals surface area contributed by atoms with E-state index in [0.29, 0.717) is 13.2 Å². The van der Waals surface area contributed by atoms with Crippen LogP contribution in [0.4, 0.5) is 0 Å². The Bertz CT molecular complexity index is 470. The number of ether oxygens (including phenoxy) is 2. The Labute approximate surface area is 111 Å². The zero-order valence-electron chi connectivity index (χ0n) is 10.3. The zero-order valence-corrected chi connectivity index (χ0v) is 11.2. The molecular weight excluding hydrogens is 246 g/mol. The Kier molecular flexibility index (Phi) is 4.61. The summed E-state index contributed by atoms with van der Waals surface area (Å²) in [5.41, 5.74) is 6.87. The quantitative estimate of drug-likeness (QED) is 0.870. The van der Waals surface area contributed by atoms with Crippen molar-refractivity contribution in [2.45, 2.75) is 13.0 Å². The predicted octanol–water partition coefficient (Wildman–Crippen LogP) is 3.23. The lowest BCUT2D eigenvalue weighted by Crippen LogP contribution is -2.17. The van der Waals surface area contributed by atoms with Crippen molar-refractivity contribution in [1.82, 2.24) is 0 Å². The van der Waals surface area contributed by atoms with Gasteiger partial charge in [-0.3, -0.25) is 0 Å². The van der Waals surface area contributed by atoms with Gasteiger partial charge in [0.1, 0.15) is 17.6 Å². The van der Waals surface area contributed by atoms with Crippen molar-refractivity contribution in [3.8, 4) is 11.5 Å². The molecule has 0 bridgehead atoms. The van der Waals surface area contributed by atoms with Gasteiger partial charge in [0.05, 0.1) is 6.61 Å². The van der Waals surface area contributed by atoms with Crippen molar-refractivity contribution < 1.29 is 9.47 Å². The number of hydrogen-bond acceptors (Lipinski definition) is 4. The summed E-state index contributed by atoms with van der Waals surface area (Å²) < 4.78 is 11.3. The lowest BCUT2D eigenvalue weighted by molar-refractivity contribution is 0.213. The van der Waals surface area contributed by atoms with Crippen LogP contribution >= 0.6 is 11.3 Å². The SMILES string of the molecule is CCOc1cccc(OC(CN)c2ccsc2)c1. The van der Waals surface area contributed by atoms with Gasteiger partial charge in [-0.2, -0.15) is 11.3 Å². The van der Waals surface area contributed by atoms with E-state index in [1.165, 1.54) is 0 Å². The van der Waals surface area contributed by atoms with Crippen LogP contribution in [0.3, 0.4) is 0 Å². The number of benzene rings is 1. The van der Waals surface area contributed by atoms with Crippen molar-refractivity contribution in [1.29, 1.82) is 0 Å². The summed E-state index contributed by atoms with van der Waals surface area (Å²) in [6.07, 6.45) is -0.104. The summed E-state index contributed by atoms with van der Waals surface area (Å²) in [6.45, 7) is 3.06. The van der Waals surface area contributed by atoms with E-state index in [0.717, 1.165) is 17.1 Å². The molecule has 3 nitrogen and oxygen atoms in total. The smallest absolute Gasteiger partial charge is 0.137 e. The van der Waals surface area contributed by atoms with Gasteiger partial charge in [0.25, 0.3) is 0 Å². The van der Waals surface area contributed by atoms with E-state index in [9.17, 15) is 0 Å². The minimum absolute atomic E-state index is 0.104. The molecule has 2 aromatic rings. The van der Waals surface area contributed by atoms with Gasteiger partial charge in [-0.25, -0.2) is 0 Å². The summed E-state index contributed by atoms with van der Waals surface area (Å²) in [7, 11) is 0. The van der Waals surface area contributed by atoms with E-state index >= 15 is 0 Å². The molecule has 2 rings (SSSR count). The molecule has 0 aliphatic heterocycles. The first kappa shape index (κ1) is 12.9. The van der Waals surface area contributed by atoms with Crippen molar-refractivity contribution in [2.75, 3.05) is 13.2 Å². The van der Waals surface area contributed by atoms with Gasteiger partial charge in [0.2, 0.25) is 0 Å². The van der Waals surface area contributed by atoms with Crippen LogP contribution in [0.15, 0.2) is 41.1 Å². The average Bonchev–Trinajstić information content (AvgIpc) is 2.90. The molecule has 0 radical (unpaired) electrons. The van der Waals surface area contributed by atoms with Crippen LogP contribution in [-0.4, -0.2) is 13.2 Å². The van der Waals surface area contributed by atoms with Crippen LogP contribution in [0.1, 0.15) is 18.6 Å². The van der Waals surface area contributed by atoms with E-state index < -0.39 is 0 Å². The fourth-order valence-electron chi connectivity index (χ4n) is 1.68. The second-order valence-corrected chi connectivity index (χ2v) is 4.59. The molecule has 0 spiro atoms. The first-order valence-electron chi connectivity index (χ1n) is 5.95. The highest BCUT2D eigenvalue weighted by Gasteiger charge is 2.12. The standard InChI is InChI=1S/C14H17NO2S/c1-2-16-12-4-3-5-13(8-12)17-14(9-15)11-6-7-18-10-11/h3-8,10,14H,2,9,15H2,1H3. The van der Waals surface area contributed by atoms with Crippen molar-refractivity contribution >= 4 is 11.3 Å². The molecule has 0 aliphatic carbocycles. The maximum absolute atomic E-state index is 5.90. The highest BCUT2D eigenvalue weighted by molar-refractivity contribution is 7.07. The molecule has 96 valence electrons. The molecule has 18 heavy (non-hydrogen) atoms. The van der Waals surface area contributed by atoms with Gasteiger partial charge in [-0.1, -0.05) is 6.07 Å². The predicted molar refractivity (Wildman–Crippen MR) is 74.4 cm³/mol. The molecule has 1 atom stereocenters. The topological polar surface area (TPSA) is 44.5 Å². The monoisotopic (exact) mass is 263 g/mol. The molecular formula is C14H17NO2S. The molecule has 4 heteroatoms. The first-order chi connectivity index (χ1) is 8.83. The normalized spacial score (nSPS) is 12.1. The van der Waals surface area contributed by atoms with Gasteiger partial charge in [0, 0.05) is 18.2 Å². The van der Waals surface area contributed by atoms with E-state index in [2.05, 4.69) is 5.38 Å². The minimum Gasteiger partial charge on any atom is -0.494 e. The van der Waals surface area contributed by atoms with E-state index in [-0.39, 0.29) is 6.10 Å². The highest BCUT2D eigenvalue weighted by Crippen LogP contribution is 2.26. The molecule has 0 saturated heterocycles. The molecule has 0 fully saturated rings. The van der Waals surface area contributed by atoms with E-state index in [4.69, 9.17) is 15.2 Å². The van der Waals surface area contributed by atoms with Crippen molar-refractivity contribution in [3.05, 3.63) is 46.7 Å². The number of nitrogens with two attached hydrogens (primary N) is 1. The highest BCUT2D eigenvalue weighted by atomic mass is 32.1.